The number of hydrogen-bond donors (Lipinski definition) is 1. The molecule has 106 valence electrons. The third-order valence-corrected chi connectivity index (χ3v) is 3.96. The summed E-state index contributed by atoms with van der Waals surface area (Å²) in [6, 6.07) is 8.53. The average molecular weight is 271 g/mol. The first-order valence-corrected chi connectivity index (χ1v) is 7.12. The second-order valence-electron chi connectivity index (χ2n) is 5.45. The van der Waals surface area contributed by atoms with Crippen LogP contribution in [0.5, 0.6) is 0 Å². The standard InChI is InChI=1S/C16H21N3O/c1-12(18-13(2)20)14-3-5-15(6-4-14)16-7-9-19(11-17)10-8-16/h3-6,12,16H,7-10H2,1-2H3,(H,18,20). The molecule has 0 radical (unpaired) electrons. The maximum atomic E-state index is 11.1. The van der Waals surface area contributed by atoms with Gasteiger partial charge in [-0.05, 0) is 36.8 Å². The summed E-state index contributed by atoms with van der Waals surface area (Å²) in [6.45, 7) is 5.23. The summed E-state index contributed by atoms with van der Waals surface area (Å²) in [5.74, 6) is 0.537. The van der Waals surface area contributed by atoms with Gasteiger partial charge in [0.25, 0.3) is 0 Å². The fourth-order valence-electron chi connectivity index (χ4n) is 2.76. The molecule has 1 aromatic carbocycles. The van der Waals surface area contributed by atoms with Crippen LogP contribution in [0.4, 0.5) is 0 Å². The fraction of sp³-hybridized carbons (Fsp3) is 0.500. The number of nitrogens with one attached hydrogen (secondary N) is 1. The molecule has 0 aliphatic carbocycles. The first kappa shape index (κ1) is 14.4. The Labute approximate surface area is 120 Å². The summed E-state index contributed by atoms with van der Waals surface area (Å²) in [7, 11) is 0. The van der Waals surface area contributed by atoms with Crippen LogP contribution >= 0.6 is 0 Å². The highest BCUT2D eigenvalue weighted by atomic mass is 16.1. The Bertz CT molecular complexity index is 495. The molecule has 0 aromatic heterocycles. The van der Waals surface area contributed by atoms with Gasteiger partial charge < -0.3 is 10.2 Å². The maximum absolute atomic E-state index is 11.1. The van der Waals surface area contributed by atoms with Gasteiger partial charge in [-0.1, -0.05) is 24.3 Å². The molecule has 1 aliphatic heterocycles. The summed E-state index contributed by atoms with van der Waals surface area (Å²) in [4.78, 5) is 12.9. The molecule has 1 unspecified atom stereocenters. The van der Waals surface area contributed by atoms with Gasteiger partial charge in [-0.2, -0.15) is 5.26 Å². The van der Waals surface area contributed by atoms with E-state index in [-0.39, 0.29) is 11.9 Å². The van der Waals surface area contributed by atoms with Crippen molar-refractivity contribution < 1.29 is 4.79 Å². The Morgan fingerprint density at radius 3 is 2.45 bits per heavy atom. The van der Waals surface area contributed by atoms with Crippen molar-refractivity contribution in [1.82, 2.24) is 10.2 Å². The zero-order chi connectivity index (χ0) is 14.5. The van der Waals surface area contributed by atoms with Crippen molar-refractivity contribution in [2.45, 2.75) is 38.6 Å². The lowest BCUT2D eigenvalue weighted by Crippen LogP contribution is -2.28. The second-order valence-corrected chi connectivity index (χ2v) is 5.45. The molecule has 1 N–H and O–H groups in total. The summed E-state index contributed by atoms with van der Waals surface area (Å²) < 4.78 is 0. The van der Waals surface area contributed by atoms with Gasteiger partial charge in [0.2, 0.25) is 5.91 Å². The number of piperidine rings is 1. The van der Waals surface area contributed by atoms with Crippen molar-refractivity contribution in [3.05, 3.63) is 35.4 Å². The molecular formula is C16H21N3O. The molecule has 1 saturated heterocycles. The van der Waals surface area contributed by atoms with Crippen LogP contribution in [0.2, 0.25) is 0 Å². The topological polar surface area (TPSA) is 56.1 Å². The van der Waals surface area contributed by atoms with Gasteiger partial charge in [0.15, 0.2) is 6.19 Å². The van der Waals surface area contributed by atoms with E-state index in [4.69, 9.17) is 5.26 Å². The van der Waals surface area contributed by atoms with Crippen LogP contribution in [0.3, 0.4) is 0 Å². The van der Waals surface area contributed by atoms with Crippen LogP contribution in [0.1, 0.15) is 49.8 Å². The number of nitriles is 1. The molecule has 1 heterocycles. The highest BCUT2D eigenvalue weighted by molar-refractivity contribution is 5.73. The minimum absolute atomic E-state index is 0.00884. The Morgan fingerprint density at radius 2 is 1.95 bits per heavy atom. The first-order valence-electron chi connectivity index (χ1n) is 7.12. The van der Waals surface area contributed by atoms with Gasteiger partial charge in [0.05, 0.1) is 6.04 Å². The van der Waals surface area contributed by atoms with E-state index in [9.17, 15) is 4.79 Å². The van der Waals surface area contributed by atoms with E-state index in [1.807, 2.05) is 11.8 Å². The van der Waals surface area contributed by atoms with E-state index in [0.717, 1.165) is 31.5 Å². The van der Waals surface area contributed by atoms with Crippen molar-refractivity contribution in [1.29, 1.82) is 5.26 Å². The van der Waals surface area contributed by atoms with Gasteiger partial charge in [-0.25, -0.2) is 0 Å². The summed E-state index contributed by atoms with van der Waals surface area (Å²) in [5, 5.41) is 11.7. The van der Waals surface area contributed by atoms with Gasteiger partial charge >= 0.3 is 0 Å². The normalized spacial score (nSPS) is 17.4. The first-order chi connectivity index (χ1) is 9.60. The Morgan fingerprint density at radius 1 is 1.35 bits per heavy atom. The van der Waals surface area contributed by atoms with Crippen molar-refractivity contribution in [3.8, 4) is 6.19 Å². The molecule has 2 rings (SSSR count). The predicted molar refractivity (Wildman–Crippen MR) is 77.8 cm³/mol. The zero-order valence-electron chi connectivity index (χ0n) is 12.1. The smallest absolute Gasteiger partial charge is 0.217 e. The maximum Gasteiger partial charge on any atom is 0.217 e. The van der Waals surface area contributed by atoms with E-state index < -0.39 is 0 Å². The molecule has 1 atom stereocenters. The van der Waals surface area contributed by atoms with Crippen LogP contribution in [-0.2, 0) is 4.79 Å². The Hall–Kier alpha value is -2.02. The van der Waals surface area contributed by atoms with Gasteiger partial charge in [-0.3, -0.25) is 4.79 Å². The minimum Gasteiger partial charge on any atom is -0.350 e. The van der Waals surface area contributed by atoms with Crippen LogP contribution in [-0.4, -0.2) is 23.9 Å². The van der Waals surface area contributed by atoms with Gasteiger partial charge in [0.1, 0.15) is 0 Å². The van der Waals surface area contributed by atoms with E-state index >= 15 is 0 Å². The third-order valence-electron chi connectivity index (χ3n) is 3.96. The SMILES string of the molecule is CC(=O)NC(C)c1ccc(C2CCN(C#N)CC2)cc1. The monoisotopic (exact) mass is 271 g/mol. The number of carbonyl (C=O) groups is 1. The lowest BCUT2D eigenvalue weighted by molar-refractivity contribution is -0.119. The molecule has 0 spiro atoms. The van der Waals surface area contributed by atoms with E-state index in [0.29, 0.717) is 5.92 Å². The number of nitrogens with zero attached hydrogens (tertiary/aromatic N) is 2. The van der Waals surface area contributed by atoms with E-state index in [1.54, 1.807) is 0 Å². The number of hydrogen-bond acceptors (Lipinski definition) is 3. The highest BCUT2D eigenvalue weighted by Crippen LogP contribution is 2.28. The summed E-state index contributed by atoms with van der Waals surface area (Å²) in [5.41, 5.74) is 2.46. The van der Waals surface area contributed by atoms with Crippen LogP contribution < -0.4 is 5.32 Å². The molecule has 4 heteroatoms. The number of rotatable bonds is 3. The number of benzene rings is 1. The van der Waals surface area contributed by atoms with Gasteiger partial charge in [-0.15, -0.1) is 0 Å². The fourth-order valence-corrected chi connectivity index (χ4v) is 2.76. The third kappa shape index (κ3) is 3.51. The van der Waals surface area contributed by atoms with Crippen LogP contribution in [0, 0.1) is 11.5 Å². The van der Waals surface area contributed by atoms with E-state index in [1.165, 1.54) is 12.5 Å². The molecule has 0 saturated carbocycles. The zero-order valence-corrected chi connectivity index (χ0v) is 12.1. The molecule has 4 nitrogen and oxygen atoms in total. The van der Waals surface area contributed by atoms with Gasteiger partial charge in [0, 0.05) is 20.0 Å². The average Bonchev–Trinajstić information content (AvgIpc) is 2.47. The van der Waals surface area contributed by atoms with Crippen LogP contribution in [0.15, 0.2) is 24.3 Å². The number of carbonyl (C=O) groups excluding carboxylic acids is 1. The van der Waals surface area contributed by atoms with Crippen molar-refractivity contribution in [2.75, 3.05) is 13.1 Å². The predicted octanol–water partition coefficient (Wildman–Crippen LogP) is 2.54. The van der Waals surface area contributed by atoms with Crippen molar-refractivity contribution in [3.63, 3.8) is 0 Å². The molecule has 20 heavy (non-hydrogen) atoms. The molecule has 1 fully saturated rings. The number of likely N-dealkylation sites (tertiary alicyclic amines) is 1. The molecular weight excluding hydrogens is 250 g/mol. The lowest BCUT2D eigenvalue weighted by Gasteiger charge is -2.28. The molecule has 1 amide bonds. The second kappa shape index (κ2) is 6.42. The lowest BCUT2D eigenvalue weighted by atomic mass is 9.89. The molecule has 1 aliphatic rings. The summed E-state index contributed by atoms with van der Waals surface area (Å²) in [6.07, 6.45) is 4.28. The largest absolute Gasteiger partial charge is 0.350 e. The van der Waals surface area contributed by atoms with Crippen molar-refractivity contribution >= 4 is 5.91 Å². The number of amides is 1. The Kier molecular flexibility index (Phi) is 4.62. The molecule has 1 aromatic rings. The minimum atomic E-state index is -0.00884. The quantitative estimate of drug-likeness (QED) is 0.860. The van der Waals surface area contributed by atoms with Crippen LogP contribution in [0.25, 0.3) is 0 Å². The van der Waals surface area contributed by atoms with E-state index in [2.05, 4.69) is 35.8 Å². The Balaban J connectivity index is 1.98. The highest BCUT2D eigenvalue weighted by Gasteiger charge is 2.19. The van der Waals surface area contributed by atoms with Crippen molar-refractivity contribution in [2.24, 2.45) is 0 Å². The summed E-state index contributed by atoms with van der Waals surface area (Å²) >= 11 is 0. The molecule has 0 bridgehead atoms.